The number of rotatable bonds is 5. The summed E-state index contributed by atoms with van der Waals surface area (Å²) >= 11 is 0. The lowest BCUT2D eigenvalue weighted by molar-refractivity contribution is 0.128. The summed E-state index contributed by atoms with van der Waals surface area (Å²) in [6.45, 7) is 3.22. The van der Waals surface area contributed by atoms with Crippen LogP contribution in [-0.4, -0.2) is 17.1 Å². The summed E-state index contributed by atoms with van der Waals surface area (Å²) in [5, 5.41) is 3.54. The molecule has 19 heavy (non-hydrogen) atoms. The largest absolute Gasteiger partial charge is 0.474 e. The van der Waals surface area contributed by atoms with E-state index in [0.29, 0.717) is 6.10 Å². The molecular weight excluding hydrogens is 236 g/mol. The Labute approximate surface area is 115 Å². The molecule has 0 amide bonds. The quantitative estimate of drug-likeness (QED) is 0.882. The standard InChI is InChI=1S/C16H24N2O/c1-12-4-8-15(9-5-12)19-16-13(3-2-10-17-16)11-18-14-6-7-14/h2-3,10,12,14-15,18H,4-9,11H2,1H3. The van der Waals surface area contributed by atoms with Crippen molar-refractivity contribution in [2.45, 2.75) is 64.1 Å². The predicted molar refractivity (Wildman–Crippen MR) is 76.1 cm³/mol. The number of hydrogen-bond acceptors (Lipinski definition) is 3. The van der Waals surface area contributed by atoms with Gasteiger partial charge in [0.1, 0.15) is 6.10 Å². The van der Waals surface area contributed by atoms with Crippen molar-refractivity contribution in [2.75, 3.05) is 0 Å². The molecule has 3 rings (SSSR count). The Morgan fingerprint density at radius 3 is 2.74 bits per heavy atom. The summed E-state index contributed by atoms with van der Waals surface area (Å²) in [5.41, 5.74) is 1.20. The van der Waals surface area contributed by atoms with Gasteiger partial charge < -0.3 is 10.1 Å². The van der Waals surface area contributed by atoms with Crippen LogP contribution in [0.15, 0.2) is 18.3 Å². The molecule has 2 fully saturated rings. The van der Waals surface area contributed by atoms with Crippen LogP contribution in [0.25, 0.3) is 0 Å². The topological polar surface area (TPSA) is 34.1 Å². The van der Waals surface area contributed by atoms with E-state index in [1.54, 1.807) is 0 Å². The van der Waals surface area contributed by atoms with Crippen LogP contribution < -0.4 is 10.1 Å². The van der Waals surface area contributed by atoms with Crippen molar-refractivity contribution in [3.8, 4) is 5.88 Å². The lowest BCUT2D eigenvalue weighted by Crippen LogP contribution is -2.24. The summed E-state index contributed by atoms with van der Waals surface area (Å²) in [5.74, 6) is 1.70. The zero-order valence-corrected chi connectivity index (χ0v) is 11.8. The van der Waals surface area contributed by atoms with Gasteiger partial charge in [-0.05, 0) is 50.5 Å². The van der Waals surface area contributed by atoms with E-state index < -0.39 is 0 Å². The minimum absolute atomic E-state index is 0.366. The SMILES string of the molecule is CC1CCC(Oc2ncccc2CNC2CC2)CC1. The third kappa shape index (κ3) is 3.69. The molecule has 0 aromatic carbocycles. The summed E-state index contributed by atoms with van der Waals surface area (Å²) < 4.78 is 6.14. The zero-order chi connectivity index (χ0) is 13.1. The Morgan fingerprint density at radius 2 is 2.00 bits per heavy atom. The molecule has 0 spiro atoms. The number of pyridine rings is 1. The highest BCUT2D eigenvalue weighted by atomic mass is 16.5. The van der Waals surface area contributed by atoms with E-state index in [4.69, 9.17) is 4.74 Å². The third-order valence-electron chi connectivity index (χ3n) is 4.25. The van der Waals surface area contributed by atoms with Crippen molar-refractivity contribution >= 4 is 0 Å². The van der Waals surface area contributed by atoms with E-state index in [2.05, 4.69) is 23.3 Å². The lowest BCUT2D eigenvalue weighted by atomic mass is 9.89. The molecule has 0 saturated heterocycles. The summed E-state index contributed by atoms with van der Waals surface area (Å²) in [7, 11) is 0. The minimum atomic E-state index is 0.366. The number of ether oxygens (including phenoxy) is 1. The van der Waals surface area contributed by atoms with Crippen LogP contribution in [-0.2, 0) is 6.54 Å². The van der Waals surface area contributed by atoms with Gasteiger partial charge in [-0.15, -0.1) is 0 Å². The van der Waals surface area contributed by atoms with Crippen LogP contribution in [0.4, 0.5) is 0 Å². The van der Waals surface area contributed by atoms with Crippen molar-refractivity contribution < 1.29 is 4.74 Å². The smallest absolute Gasteiger partial charge is 0.218 e. The van der Waals surface area contributed by atoms with E-state index >= 15 is 0 Å². The first-order chi connectivity index (χ1) is 9.31. The number of aromatic nitrogens is 1. The van der Waals surface area contributed by atoms with Gasteiger partial charge in [-0.3, -0.25) is 0 Å². The molecule has 2 aliphatic rings. The molecule has 1 N–H and O–H groups in total. The highest BCUT2D eigenvalue weighted by molar-refractivity contribution is 5.25. The maximum Gasteiger partial charge on any atom is 0.218 e. The zero-order valence-electron chi connectivity index (χ0n) is 11.8. The van der Waals surface area contributed by atoms with E-state index in [1.807, 2.05) is 12.3 Å². The molecule has 0 bridgehead atoms. The average Bonchev–Trinajstić information content (AvgIpc) is 3.25. The van der Waals surface area contributed by atoms with Crippen LogP contribution in [0.5, 0.6) is 5.88 Å². The third-order valence-corrected chi connectivity index (χ3v) is 4.25. The van der Waals surface area contributed by atoms with Crippen LogP contribution >= 0.6 is 0 Å². The maximum absolute atomic E-state index is 6.14. The molecule has 2 aliphatic carbocycles. The molecule has 3 heteroatoms. The molecule has 2 saturated carbocycles. The van der Waals surface area contributed by atoms with Gasteiger partial charge in [0.2, 0.25) is 5.88 Å². The van der Waals surface area contributed by atoms with Crippen LogP contribution in [0, 0.1) is 5.92 Å². The minimum Gasteiger partial charge on any atom is -0.474 e. The second kappa shape index (κ2) is 5.91. The van der Waals surface area contributed by atoms with Gasteiger partial charge in [0, 0.05) is 24.3 Å². The van der Waals surface area contributed by atoms with Gasteiger partial charge in [-0.1, -0.05) is 13.0 Å². The Hall–Kier alpha value is -1.09. The van der Waals surface area contributed by atoms with Crippen molar-refractivity contribution in [1.29, 1.82) is 0 Å². The maximum atomic E-state index is 6.14. The fourth-order valence-corrected chi connectivity index (χ4v) is 2.71. The second-order valence-electron chi connectivity index (χ2n) is 6.12. The summed E-state index contributed by atoms with van der Waals surface area (Å²) in [4.78, 5) is 4.43. The predicted octanol–water partition coefficient (Wildman–Crippen LogP) is 3.29. The Balaban J connectivity index is 1.59. The molecule has 104 valence electrons. The van der Waals surface area contributed by atoms with E-state index in [0.717, 1.165) is 24.4 Å². The van der Waals surface area contributed by atoms with Crippen molar-refractivity contribution in [3.63, 3.8) is 0 Å². The van der Waals surface area contributed by atoms with Crippen LogP contribution in [0.3, 0.4) is 0 Å². The van der Waals surface area contributed by atoms with Crippen molar-refractivity contribution in [2.24, 2.45) is 5.92 Å². The van der Waals surface area contributed by atoms with E-state index in [1.165, 1.54) is 44.1 Å². The fourth-order valence-electron chi connectivity index (χ4n) is 2.71. The molecule has 1 heterocycles. The second-order valence-corrected chi connectivity index (χ2v) is 6.12. The normalized spacial score (nSPS) is 27.2. The molecule has 0 unspecified atom stereocenters. The lowest BCUT2D eigenvalue weighted by Gasteiger charge is -2.27. The van der Waals surface area contributed by atoms with Gasteiger partial charge in [0.05, 0.1) is 0 Å². The average molecular weight is 260 g/mol. The Bertz CT molecular complexity index is 409. The Morgan fingerprint density at radius 1 is 1.21 bits per heavy atom. The molecule has 1 aromatic heterocycles. The first kappa shape index (κ1) is 12.9. The highest BCUT2D eigenvalue weighted by Gasteiger charge is 2.23. The number of hydrogen-bond donors (Lipinski definition) is 1. The fraction of sp³-hybridized carbons (Fsp3) is 0.688. The summed E-state index contributed by atoms with van der Waals surface area (Å²) in [6.07, 6.45) is 9.75. The molecule has 3 nitrogen and oxygen atoms in total. The molecule has 1 aromatic rings. The van der Waals surface area contributed by atoms with Gasteiger partial charge in [0.25, 0.3) is 0 Å². The van der Waals surface area contributed by atoms with E-state index in [-0.39, 0.29) is 0 Å². The first-order valence-corrected chi connectivity index (χ1v) is 7.65. The van der Waals surface area contributed by atoms with Crippen molar-refractivity contribution in [3.05, 3.63) is 23.9 Å². The molecular formula is C16H24N2O. The first-order valence-electron chi connectivity index (χ1n) is 7.65. The van der Waals surface area contributed by atoms with Crippen LogP contribution in [0.2, 0.25) is 0 Å². The van der Waals surface area contributed by atoms with Gasteiger partial charge >= 0.3 is 0 Å². The van der Waals surface area contributed by atoms with Gasteiger partial charge in [0.15, 0.2) is 0 Å². The number of nitrogens with one attached hydrogen (secondary N) is 1. The van der Waals surface area contributed by atoms with Gasteiger partial charge in [-0.2, -0.15) is 0 Å². The molecule has 0 atom stereocenters. The highest BCUT2D eigenvalue weighted by Crippen LogP contribution is 2.28. The van der Waals surface area contributed by atoms with Crippen LogP contribution in [0.1, 0.15) is 51.0 Å². The molecule has 0 aliphatic heterocycles. The van der Waals surface area contributed by atoms with E-state index in [9.17, 15) is 0 Å². The number of nitrogens with zero attached hydrogens (tertiary/aromatic N) is 1. The summed E-state index contributed by atoms with van der Waals surface area (Å²) in [6, 6.07) is 4.85. The molecule has 0 radical (unpaired) electrons. The Kier molecular flexibility index (Phi) is 4.02. The van der Waals surface area contributed by atoms with Crippen molar-refractivity contribution in [1.82, 2.24) is 10.3 Å². The van der Waals surface area contributed by atoms with Gasteiger partial charge in [-0.25, -0.2) is 4.98 Å². The monoisotopic (exact) mass is 260 g/mol.